The molecule has 1 aliphatic rings. The number of rotatable bonds is 6. The van der Waals surface area contributed by atoms with E-state index in [1.165, 1.54) is 11.6 Å². The molecule has 3 aromatic carbocycles. The number of methoxy groups -OCH3 is 1. The van der Waals surface area contributed by atoms with Crippen molar-refractivity contribution in [1.82, 2.24) is 10.6 Å². The van der Waals surface area contributed by atoms with Crippen molar-refractivity contribution >= 4 is 0 Å². The molecule has 1 fully saturated rings. The third kappa shape index (κ3) is 4.83. The van der Waals surface area contributed by atoms with Gasteiger partial charge in [0.05, 0.1) is 18.7 Å². The van der Waals surface area contributed by atoms with E-state index >= 15 is 0 Å². The van der Waals surface area contributed by atoms with E-state index in [4.69, 9.17) is 10.00 Å². The van der Waals surface area contributed by atoms with Crippen LogP contribution in [0.3, 0.4) is 0 Å². The molecule has 1 aliphatic heterocycles. The zero-order chi connectivity index (χ0) is 22.5. The van der Waals surface area contributed by atoms with Crippen LogP contribution in [0.4, 0.5) is 4.39 Å². The first kappa shape index (κ1) is 22.0. The molecule has 164 valence electrons. The molecule has 0 spiro atoms. The predicted molar refractivity (Wildman–Crippen MR) is 125 cm³/mol. The Morgan fingerprint density at radius 2 is 1.91 bits per heavy atom. The van der Waals surface area contributed by atoms with Gasteiger partial charge in [-0.3, -0.25) is 0 Å². The van der Waals surface area contributed by atoms with E-state index in [0.29, 0.717) is 23.7 Å². The summed E-state index contributed by atoms with van der Waals surface area (Å²) in [6, 6.07) is 23.7. The van der Waals surface area contributed by atoms with Crippen LogP contribution >= 0.6 is 0 Å². The highest BCUT2D eigenvalue weighted by atomic mass is 19.1. The summed E-state index contributed by atoms with van der Waals surface area (Å²) in [6.45, 7) is 2.84. The summed E-state index contributed by atoms with van der Waals surface area (Å²) in [5, 5.41) is 16.5. The Morgan fingerprint density at radius 3 is 2.62 bits per heavy atom. The Hall–Kier alpha value is -3.20. The molecule has 2 N–H and O–H groups in total. The first-order valence-electron chi connectivity index (χ1n) is 11.0. The van der Waals surface area contributed by atoms with Gasteiger partial charge in [0.25, 0.3) is 0 Å². The molecule has 0 saturated carbocycles. The summed E-state index contributed by atoms with van der Waals surface area (Å²) in [6.07, 6.45) is 2.18. The number of hydrogen-bond donors (Lipinski definition) is 2. The Bertz CT molecular complexity index is 1110. The molecule has 3 aromatic rings. The zero-order valence-electron chi connectivity index (χ0n) is 18.4. The number of piperidine rings is 1. The lowest BCUT2D eigenvalue weighted by atomic mass is 9.89. The molecular formula is C27H28FN3O. The molecule has 0 amide bonds. The number of nitrogens with zero attached hydrogens (tertiary/aromatic N) is 1. The van der Waals surface area contributed by atoms with Gasteiger partial charge in [0, 0.05) is 35.8 Å². The van der Waals surface area contributed by atoms with Crippen molar-refractivity contribution < 1.29 is 9.13 Å². The minimum atomic E-state index is -0.400. The lowest BCUT2D eigenvalue weighted by Gasteiger charge is -2.37. The highest BCUT2D eigenvalue weighted by Gasteiger charge is 2.29. The summed E-state index contributed by atoms with van der Waals surface area (Å²) >= 11 is 0. The van der Waals surface area contributed by atoms with Crippen molar-refractivity contribution in [2.75, 3.05) is 7.11 Å². The fourth-order valence-electron chi connectivity index (χ4n) is 4.46. The van der Waals surface area contributed by atoms with Crippen molar-refractivity contribution in [3.63, 3.8) is 0 Å². The maximum absolute atomic E-state index is 14.6. The third-order valence-corrected chi connectivity index (χ3v) is 6.18. The Labute approximate surface area is 189 Å². The van der Waals surface area contributed by atoms with Crippen LogP contribution in [0.1, 0.15) is 42.5 Å². The first-order valence-corrected chi connectivity index (χ1v) is 11.0. The topological polar surface area (TPSA) is 57.1 Å². The van der Waals surface area contributed by atoms with Gasteiger partial charge >= 0.3 is 0 Å². The zero-order valence-corrected chi connectivity index (χ0v) is 18.4. The Balaban J connectivity index is 1.57. The van der Waals surface area contributed by atoms with Gasteiger partial charge in [0.2, 0.25) is 0 Å². The minimum absolute atomic E-state index is 0.227. The molecule has 0 unspecified atom stereocenters. The molecule has 4 nitrogen and oxygen atoms in total. The van der Waals surface area contributed by atoms with E-state index < -0.39 is 5.82 Å². The SMILES string of the molecule is COc1ccc(-c2ccc(C#N)cc2F)cc1CN[C@H]1CC[C@@H](C)N[C@@H]1c1ccccc1. The number of benzene rings is 3. The summed E-state index contributed by atoms with van der Waals surface area (Å²) < 4.78 is 20.2. The standard InChI is InChI=1S/C27H28FN3O/c1-18-8-12-25(27(31-18)20-6-4-3-5-7-20)30-17-22-15-21(10-13-26(22)32-2)23-11-9-19(16-29)14-24(23)28/h3-7,9-11,13-15,18,25,27,30-31H,8,12,17H2,1-2H3/t18-,25+,27-/m1/s1. The number of nitriles is 1. The fraction of sp³-hybridized carbons (Fsp3) is 0.296. The quantitative estimate of drug-likeness (QED) is 0.555. The first-order chi connectivity index (χ1) is 15.6. The van der Waals surface area contributed by atoms with E-state index in [9.17, 15) is 4.39 Å². The molecule has 32 heavy (non-hydrogen) atoms. The average Bonchev–Trinajstić information content (AvgIpc) is 2.83. The van der Waals surface area contributed by atoms with Crippen molar-refractivity contribution in [2.45, 2.75) is 44.4 Å². The molecule has 4 rings (SSSR count). The van der Waals surface area contributed by atoms with Gasteiger partial charge in [-0.05, 0) is 55.2 Å². The van der Waals surface area contributed by atoms with Gasteiger partial charge in [-0.2, -0.15) is 5.26 Å². The second-order valence-corrected chi connectivity index (χ2v) is 8.35. The monoisotopic (exact) mass is 429 g/mol. The van der Waals surface area contributed by atoms with Crippen molar-refractivity contribution in [3.05, 3.63) is 89.2 Å². The van der Waals surface area contributed by atoms with E-state index in [0.717, 1.165) is 29.7 Å². The normalized spacial score (nSPS) is 20.5. The van der Waals surface area contributed by atoms with Crippen LogP contribution in [-0.2, 0) is 6.54 Å². The summed E-state index contributed by atoms with van der Waals surface area (Å²) in [5.74, 6) is 0.367. The Kier molecular flexibility index (Phi) is 6.84. The second kappa shape index (κ2) is 9.95. The average molecular weight is 430 g/mol. The number of halogens is 1. The van der Waals surface area contributed by atoms with Crippen LogP contribution in [0.25, 0.3) is 11.1 Å². The third-order valence-electron chi connectivity index (χ3n) is 6.18. The van der Waals surface area contributed by atoms with Gasteiger partial charge in [0.15, 0.2) is 0 Å². The summed E-state index contributed by atoms with van der Waals surface area (Å²) in [5.41, 5.74) is 3.80. The predicted octanol–water partition coefficient (Wildman–Crippen LogP) is 5.34. The van der Waals surface area contributed by atoms with Gasteiger partial charge in [-0.25, -0.2) is 4.39 Å². The van der Waals surface area contributed by atoms with Crippen LogP contribution in [0, 0.1) is 17.1 Å². The molecule has 3 atom stereocenters. The van der Waals surface area contributed by atoms with Gasteiger partial charge < -0.3 is 15.4 Å². The fourth-order valence-corrected chi connectivity index (χ4v) is 4.46. The van der Waals surface area contributed by atoms with Gasteiger partial charge in [-0.15, -0.1) is 0 Å². The summed E-state index contributed by atoms with van der Waals surface area (Å²) in [7, 11) is 1.65. The molecule has 5 heteroatoms. The van der Waals surface area contributed by atoms with Crippen LogP contribution in [-0.4, -0.2) is 19.2 Å². The Morgan fingerprint density at radius 1 is 1.09 bits per heavy atom. The van der Waals surface area contributed by atoms with E-state index in [1.54, 1.807) is 19.2 Å². The second-order valence-electron chi connectivity index (χ2n) is 8.35. The van der Waals surface area contributed by atoms with Crippen LogP contribution in [0.5, 0.6) is 5.75 Å². The smallest absolute Gasteiger partial charge is 0.132 e. The van der Waals surface area contributed by atoms with Crippen molar-refractivity contribution in [3.8, 4) is 22.9 Å². The van der Waals surface area contributed by atoms with Crippen LogP contribution < -0.4 is 15.4 Å². The molecular weight excluding hydrogens is 401 g/mol. The molecule has 1 heterocycles. The van der Waals surface area contributed by atoms with E-state index in [1.807, 2.05) is 30.3 Å². The number of nitrogens with one attached hydrogen (secondary N) is 2. The van der Waals surface area contributed by atoms with Crippen LogP contribution in [0.15, 0.2) is 66.7 Å². The van der Waals surface area contributed by atoms with Crippen molar-refractivity contribution in [1.29, 1.82) is 5.26 Å². The largest absolute Gasteiger partial charge is 0.496 e. The van der Waals surface area contributed by atoms with Crippen LogP contribution in [0.2, 0.25) is 0 Å². The highest BCUT2D eigenvalue weighted by Crippen LogP contribution is 2.31. The summed E-state index contributed by atoms with van der Waals surface area (Å²) in [4.78, 5) is 0. The van der Waals surface area contributed by atoms with E-state index in [2.05, 4.69) is 41.8 Å². The van der Waals surface area contributed by atoms with Gasteiger partial charge in [-0.1, -0.05) is 42.5 Å². The number of hydrogen-bond acceptors (Lipinski definition) is 4. The molecule has 0 aliphatic carbocycles. The molecule has 1 saturated heterocycles. The lowest BCUT2D eigenvalue weighted by Crippen LogP contribution is -2.49. The maximum atomic E-state index is 14.6. The number of ether oxygens (including phenoxy) is 1. The molecule has 0 aromatic heterocycles. The maximum Gasteiger partial charge on any atom is 0.132 e. The van der Waals surface area contributed by atoms with Crippen molar-refractivity contribution in [2.24, 2.45) is 0 Å². The minimum Gasteiger partial charge on any atom is -0.496 e. The molecule has 0 bridgehead atoms. The lowest BCUT2D eigenvalue weighted by molar-refractivity contribution is 0.260. The highest BCUT2D eigenvalue weighted by molar-refractivity contribution is 5.67. The van der Waals surface area contributed by atoms with Gasteiger partial charge in [0.1, 0.15) is 11.6 Å². The van der Waals surface area contributed by atoms with E-state index in [-0.39, 0.29) is 12.1 Å². The molecule has 0 radical (unpaired) electrons.